The van der Waals surface area contributed by atoms with E-state index in [2.05, 4.69) is 9.44 Å². The van der Waals surface area contributed by atoms with Crippen LogP contribution in [0.1, 0.15) is 18.5 Å². The number of phenolic OH excluding ortho intramolecular Hbond substituents is 1. The van der Waals surface area contributed by atoms with Gasteiger partial charge in [-0.2, -0.15) is 13.1 Å². The lowest BCUT2D eigenvalue weighted by molar-refractivity contribution is -0.138. The van der Waals surface area contributed by atoms with Crippen LogP contribution in [-0.2, 0) is 19.7 Å². The molecule has 7 nitrogen and oxygen atoms in total. The summed E-state index contributed by atoms with van der Waals surface area (Å²) in [6, 6.07) is 5.08. The third-order valence-electron chi connectivity index (χ3n) is 2.67. The van der Waals surface area contributed by atoms with E-state index < -0.39 is 22.2 Å². The van der Waals surface area contributed by atoms with Crippen LogP contribution in [0.2, 0.25) is 0 Å². The highest BCUT2D eigenvalue weighted by Crippen LogP contribution is 2.27. The molecule has 0 spiro atoms. The maximum Gasteiger partial charge on any atom is 0.337 e. The van der Waals surface area contributed by atoms with Crippen molar-refractivity contribution >= 4 is 16.2 Å². The van der Waals surface area contributed by atoms with Gasteiger partial charge in [-0.3, -0.25) is 4.72 Å². The van der Waals surface area contributed by atoms with E-state index >= 15 is 0 Å². The standard InChI is InChI=1S/C12H14N2O5S/c1-2-19-12(16)10-7-13-20(17,18)14-11(10)8-4-3-5-9(15)6-8/h3-7,11,13-15H,2H2,1H3. The Morgan fingerprint density at radius 2 is 2.20 bits per heavy atom. The third-order valence-corrected chi connectivity index (χ3v) is 3.64. The summed E-state index contributed by atoms with van der Waals surface area (Å²) < 4.78 is 32.4. The van der Waals surface area contributed by atoms with Crippen molar-refractivity contribution in [3.63, 3.8) is 0 Å². The van der Waals surface area contributed by atoms with Crippen molar-refractivity contribution in [1.29, 1.82) is 0 Å². The van der Waals surface area contributed by atoms with Gasteiger partial charge in [0.15, 0.2) is 0 Å². The summed E-state index contributed by atoms with van der Waals surface area (Å²) in [5, 5.41) is 9.47. The Morgan fingerprint density at radius 1 is 1.45 bits per heavy atom. The van der Waals surface area contributed by atoms with Gasteiger partial charge in [0.2, 0.25) is 0 Å². The van der Waals surface area contributed by atoms with E-state index in [1.54, 1.807) is 19.1 Å². The van der Waals surface area contributed by atoms with Gasteiger partial charge in [-0.1, -0.05) is 12.1 Å². The second-order valence-electron chi connectivity index (χ2n) is 4.09. The van der Waals surface area contributed by atoms with Gasteiger partial charge in [-0.25, -0.2) is 4.79 Å². The van der Waals surface area contributed by atoms with Gasteiger partial charge in [-0.15, -0.1) is 0 Å². The number of phenols is 1. The first-order chi connectivity index (χ1) is 9.43. The summed E-state index contributed by atoms with van der Waals surface area (Å²) in [5.74, 6) is -0.654. The molecule has 1 heterocycles. The largest absolute Gasteiger partial charge is 0.508 e. The Balaban J connectivity index is 2.42. The summed E-state index contributed by atoms with van der Waals surface area (Å²) in [6.07, 6.45) is 1.10. The second-order valence-corrected chi connectivity index (χ2v) is 5.57. The van der Waals surface area contributed by atoms with Crippen LogP contribution in [0.25, 0.3) is 0 Å². The number of carbonyl (C=O) groups is 1. The van der Waals surface area contributed by atoms with Crippen molar-refractivity contribution in [3.8, 4) is 5.75 Å². The second kappa shape index (κ2) is 5.51. The molecule has 1 unspecified atom stereocenters. The number of hydrogen-bond acceptors (Lipinski definition) is 5. The fourth-order valence-electron chi connectivity index (χ4n) is 1.82. The molecule has 1 aromatic rings. The van der Waals surface area contributed by atoms with Gasteiger partial charge in [0.1, 0.15) is 5.75 Å². The van der Waals surface area contributed by atoms with E-state index in [0.29, 0.717) is 5.56 Å². The zero-order valence-electron chi connectivity index (χ0n) is 10.7. The number of ether oxygens (including phenoxy) is 1. The number of hydrogen-bond donors (Lipinski definition) is 3. The molecule has 0 saturated heterocycles. The Labute approximate surface area is 116 Å². The molecule has 0 aliphatic carbocycles. The minimum Gasteiger partial charge on any atom is -0.508 e. The van der Waals surface area contributed by atoms with Crippen LogP contribution in [0.5, 0.6) is 5.75 Å². The summed E-state index contributed by atoms with van der Waals surface area (Å²) in [7, 11) is -3.74. The van der Waals surface area contributed by atoms with E-state index in [0.717, 1.165) is 6.20 Å². The number of carbonyl (C=O) groups excluding carboxylic acids is 1. The van der Waals surface area contributed by atoms with Crippen LogP contribution < -0.4 is 9.44 Å². The first-order valence-corrected chi connectivity index (χ1v) is 7.37. The van der Waals surface area contributed by atoms with Crippen LogP contribution in [-0.4, -0.2) is 26.1 Å². The molecule has 1 aromatic carbocycles. The number of rotatable bonds is 3. The lowest BCUT2D eigenvalue weighted by Crippen LogP contribution is -2.43. The lowest BCUT2D eigenvalue weighted by Gasteiger charge is -2.25. The molecule has 1 aliphatic rings. The molecule has 0 bridgehead atoms. The summed E-state index contributed by atoms with van der Waals surface area (Å²) >= 11 is 0. The van der Waals surface area contributed by atoms with Crippen molar-refractivity contribution in [1.82, 2.24) is 9.44 Å². The highest BCUT2D eigenvalue weighted by molar-refractivity contribution is 7.87. The Hall–Kier alpha value is -2.06. The molecule has 1 aliphatic heterocycles. The molecule has 20 heavy (non-hydrogen) atoms. The zero-order chi connectivity index (χ0) is 14.8. The summed E-state index contributed by atoms with van der Waals surface area (Å²) in [6.45, 7) is 1.83. The SMILES string of the molecule is CCOC(=O)C1=CNS(=O)(=O)NC1c1cccc(O)c1. The summed E-state index contributed by atoms with van der Waals surface area (Å²) in [4.78, 5) is 11.8. The van der Waals surface area contributed by atoms with E-state index in [9.17, 15) is 18.3 Å². The summed E-state index contributed by atoms with van der Waals surface area (Å²) in [5.41, 5.74) is 0.557. The molecule has 0 amide bonds. The minimum absolute atomic E-state index is 0.0246. The van der Waals surface area contributed by atoms with Crippen molar-refractivity contribution in [2.45, 2.75) is 13.0 Å². The average molecular weight is 298 g/mol. The molecule has 0 saturated carbocycles. The average Bonchev–Trinajstić information content (AvgIpc) is 2.38. The normalized spacial score (nSPS) is 20.6. The number of nitrogens with one attached hydrogen (secondary N) is 2. The number of esters is 1. The smallest absolute Gasteiger partial charge is 0.337 e. The van der Waals surface area contributed by atoms with Crippen molar-refractivity contribution in [2.24, 2.45) is 0 Å². The van der Waals surface area contributed by atoms with Crippen LogP contribution in [0.4, 0.5) is 0 Å². The topological polar surface area (TPSA) is 105 Å². The van der Waals surface area contributed by atoms with Gasteiger partial charge in [0, 0.05) is 6.20 Å². The van der Waals surface area contributed by atoms with E-state index in [-0.39, 0.29) is 17.9 Å². The Morgan fingerprint density at radius 3 is 2.85 bits per heavy atom. The van der Waals surface area contributed by atoms with Crippen LogP contribution in [0.15, 0.2) is 36.0 Å². The molecular weight excluding hydrogens is 284 g/mol. The van der Waals surface area contributed by atoms with Gasteiger partial charge in [0.05, 0.1) is 18.2 Å². The molecule has 0 radical (unpaired) electrons. The highest BCUT2D eigenvalue weighted by Gasteiger charge is 2.32. The molecule has 0 aromatic heterocycles. The van der Waals surface area contributed by atoms with E-state index in [4.69, 9.17) is 4.74 Å². The maximum atomic E-state index is 11.8. The molecular formula is C12H14N2O5S. The molecule has 108 valence electrons. The Bertz CT molecular complexity index is 654. The van der Waals surface area contributed by atoms with E-state index in [1.807, 2.05) is 0 Å². The van der Waals surface area contributed by atoms with Crippen LogP contribution >= 0.6 is 0 Å². The zero-order valence-corrected chi connectivity index (χ0v) is 11.5. The maximum absolute atomic E-state index is 11.8. The molecule has 3 N–H and O–H groups in total. The monoisotopic (exact) mass is 298 g/mol. The fraction of sp³-hybridized carbons (Fsp3) is 0.250. The predicted octanol–water partition coefficient (Wildman–Crippen LogP) is 0.318. The lowest BCUT2D eigenvalue weighted by atomic mass is 10.00. The van der Waals surface area contributed by atoms with Crippen LogP contribution in [0.3, 0.4) is 0 Å². The number of aromatic hydroxyl groups is 1. The predicted molar refractivity (Wildman–Crippen MR) is 70.8 cm³/mol. The number of benzene rings is 1. The van der Waals surface area contributed by atoms with Crippen LogP contribution in [0, 0.1) is 0 Å². The quantitative estimate of drug-likeness (QED) is 0.697. The first-order valence-electron chi connectivity index (χ1n) is 5.88. The molecule has 8 heteroatoms. The van der Waals surface area contributed by atoms with Crippen molar-refractivity contribution in [2.75, 3.05) is 6.61 Å². The van der Waals surface area contributed by atoms with Gasteiger partial charge >= 0.3 is 5.97 Å². The molecule has 2 rings (SSSR count). The highest BCUT2D eigenvalue weighted by atomic mass is 32.2. The van der Waals surface area contributed by atoms with Gasteiger partial charge in [0.25, 0.3) is 10.2 Å². The van der Waals surface area contributed by atoms with Crippen molar-refractivity contribution in [3.05, 3.63) is 41.6 Å². The molecule has 1 atom stereocenters. The fourth-order valence-corrected chi connectivity index (χ4v) is 2.74. The van der Waals surface area contributed by atoms with Gasteiger partial charge < -0.3 is 9.84 Å². The third kappa shape index (κ3) is 3.09. The van der Waals surface area contributed by atoms with Crippen molar-refractivity contribution < 1.29 is 23.1 Å². The van der Waals surface area contributed by atoms with Gasteiger partial charge in [-0.05, 0) is 24.6 Å². The minimum atomic E-state index is -3.74. The first kappa shape index (κ1) is 14.4. The molecule has 0 fully saturated rings. The van der Waals surface area contributed by atoms with E-state index in [1.165, 1.54) is 12.1 Å². The Kier molecular flexibility index (Phi) is 3.96.